The van der Waals surface area contributed by atoms with Crippen LogP contribution < -0.4 is 5.73 Å². The van der Waals surface area contributed by atoms with Crippen LogP contribution in [-0.4, -0.2) is 16.0 Å². The molecular formula is C10H9F2N3S2. The lowest BCUT2D eigenvalue weighted by Crippen LogP contribution is -2.13. The standard InChI is InChI=1S/C10H9F2N3S2/c11-7-2-1-6(3-8(7)12)9(13)4-16-10-15-14-5-17-10/h1-3,5,9H,4,13H2. The Labute approximate surface area is 105 Å². The first-order valence-corrected chi connectivity index (χ1v) is 6.63. The highest BCUT2D eigenvalue weighted by Gasteiger charge is 2.11. The van der Waals surface area contributed by atoms with Crippen LogP contribution in [0.4, 0.5) is 8.78 Å². The van der Waals surface area contributed by atoms with Crippen molar-refractivity contribution in [1.82, 2.24) is 10.2 Å². The minimum Gasteiger partial charge on any atom is -0.323 e. The van der Waals surface area contributed by atoms with Crippen molar-refractivity contribution in [1.29, 1.82) is 0 Å². The second-order valence-corrected chi connectivity index (χ2v) is 5.40. The van der Waals surface area contributed by atoms with Gasteiger partial charge in [-0.2, -0.15) is 0 Å². The van der Waals surface area contributed by atoms with Crippen LogP contribution in [0.2, 0.25) is 0 Å². The lowest BCUT2D eigenvalue weighted by atomic mass is 10.1. The molecule has 1 aromatic carbocycles. The quantitative estimate of drug-likeness (QED) is 0.870. The zero-order chi connectivity index (χ0) is 12.3. The van der Waals surface area contributed by atoms with Crippen molar-refractivity contribution >= 4 is 23.1 Å². The first-order valence-electron chi connectivity index (χ1n) is 4.76. The number of hydrogen-bond donors (Lipinski definition) is 1. The van der Waals surface area contributed by atoms with E-state index in [1.54, 1.807) is 5.51 Å². The van der Waals surface area contributed by atoms with Crippen molar-refractivity contribution in [3.63, 3.8) is 0 Å². The molecule has 0 aliphatic rings. The number of rotatable bonds is 4. The highest BCUT2D eigenvalue weighted by Crippen LogP contribution is 2.24. The van der Waals surface area contributed by atoms with Crippen LogP contribution in [-0.2, 0) is 0 Å². The Balaban J connectivity index is 1.99. The van der Waals surface area contributed by atoms with E-state index in [0.717, 1.165) is 16.5 Å². The van der Waals surface area contributed by atoms with Crippen molar-refractivity contribution in [3.05, 3.63) is 40.9 Å². The fourth-order valence-corrected chi connectivity index (χ4v) is 2.73. The molecule has 0 bridgehead atoms. The molecule has 0 saturated heterocycles. The van der Waals surface area contributed by atoms with Crippen molar-refractivity contribution in [3.8, 4) is 0 Å². The third kappa shape index (κ3) is 3.21. The van der Waals surface area contributed by atoms with Gasteiger partial charge in [0.2, 0.25) is 0 Å². The summed E-state index contributed by atoms with van der Waals surface area (Å²) in [6, 6.07) is 3.34. The molecule has 0 amide bonds. The lowest BCUT2D eigenvalue weighted by Gasteiger charge is -2.10. The molecule has 1 unspecified atom stereocenters. The smallest absolute Gasteiger partial charge is 0.174 e. The minimum atomic E-state index is -0.876. The van der Waals surface area contributed by atoms with Crippen LogP contribution in [0.15, 0.2) is 28.0 Å². The van der Waals surface area contributed by atoms with Gasteiger partial charge in [0, 0.05) is 11.8 Å². The summed E-state index contributed by atoms with van der Waals surface area (Å²) in [4.78, 5) is 0. The van der Waals surface area contributed by atoms with Gasteiger partial charge in [-0.1, -0.05) is 29.2 Å². The number of hydrogen-bond acceptors (Lipinski definition) is 5. The van der Waals surface area contributed by atoms with E-state index in [0.29, 0.717) is 11.3 Å². The first kappa shape index (κ1) is 12.4. The van der Waals surface area contributed by atoms with Gasteiger partial charge in [-0.3, -0.25) is 0 Å². The molecule has 90 valence electrons. The number of nitrogens with zero attached hydrogens (tertiary/aromatic N) is 2. The predicted molar refractivity (Wildman–Crippen MR) is 63.9 cm³/mol. The highest BCUT2D eigenvalue weighted by molar-refractivity contribution is 8.01. The molecule has 2 aromatic rings. The summed E-state index contributed by atoms with van der Waals surface area (Å²) in [5.41, 5.74) is 8.08. The van der Waals surface area contributed by atoms with Gasteiger partial charge in [-0.25, -0.2) is 8.78 Å². The fourth-order valence-electron chi connectivity index (χ4n) is 1.23. The van der Waals surface area contributed by atoms with E-state index in [-0.39, 0.29) is 6.04 Å². The topological polar surface area (TPSA) is 51.8 Å². The predicted octanol–water partition coefficient (Wildman–Crippen LogP) is 2.61. The van der Waals surface area contributed by atoms with Gasteiger partial charge in [-0.15, -0.1) is 10.2 Å². The van der Waals surface area contributed by atoms with Gasteiger partial charge in [0.25, 0.3) is 0 Å². The molecule has 0 saturated carbocycles. The number of halogens is 2. The largest absolute Gasteiger partial charge is 0.323 e. The molecule has 17 heavy (non-hydrogen) atoms. The third-order valence-corrected chi connectivity index (χ3v) is 4.08. The van der Waals surface area contributed by atoms with E-state index < -0.39 is 11.6 Å². The summed E-state index contributed by atoms with van der Waals surface area (Å²) in [6.45, 7) is 0. The van der Waals surface area contributed by atoms with Crippen LogP contribution >= 0.6 is 23.1 Å². The summed E-state index contributed by atoms with van der Waals surface area (Å²) in [5.74, 6) is -1.20. The maximum atomic E-state index is 13.0. The van der Waals surface area contributed by atoms with Gasteiger partial charge in [0.05, 0.1) is 0 Å². The molecule has 0 spiro atoms. The summed E-state index contributed by atoms with van der Waals surface area (Å²) in [5, 5.41) is 7.55. The van der Waals surface area contributed by atoms with Gasteiger partial charge in [0.1, 0.15) is 5.51 Å². The molecule has 2 N–H and O–H groups in total. The van der Waals surface area contributed by atoms with Crippen LogP contribution in [0.5, 0.6) is 0 Å². The summed E-state index contributed by atoms with van der Waals surface area (Å²) in [7, 11) is 0. The minimum absolute atomic E-state index is 0.362. The van der Waals surface area contributed by atoms with Gasteiger partial charge < -0.3 is 5.73 Å². The summed E-state index contributed by atoms with van der Waals surface area (Å²) < 4.78 is 26.5. The average Bonchev–Trinajstić information content (AvgIpc) is 2.82. The van der Waals surface area contributed by atoms with Crippen LogP contribution in [0.3, 0.4) is 0 Å². The van der Waals surface area contributed by atoms with Crippen molar-refractivity contribution < 1.29 is 8.78 Å². The van der Waals surface area contributed by atoms with Crippen LogP contribution in [0, 0.1) is 11.6 Å². The van der Waals surface area contributed by atoms with Crippen molar-refractivity contribution in [2.45, 2.75) is 10.4 Å². The number of benzene rings is 1. The molecule has 3 nitrogen and oxygen atoms in total. The van der Waals surface area contributed by atoms with E-state index in [4.69, 9.17) is 5.73 Å². The van der Waals surface area contributed by atoms with E-state index in [1.165, 1.54) is 29.2 Å². The molecule has 0 aliphatic carbocycles. The van der Waals surface area contributed by atoms with E-state index in [1.807, 2.05) is 0 Å². The zero-order valence-corrected chi connectivity index (χ0v) is 10.3. The molecule has 2 rings (SSSR count). The zero-order valence-electron chi connectivity index (χ0n) is 8.64. The van der Waals surface area contributed by atoms with Gasteiger partial charge in [-0.05, 0) is 17.7 Å². The Morgan fingerprint density at radius 1 is 1.35 bits per heavy atom. The molecule has 0 fully saturated rings. The monoisotopic (exact) mass is 273 g/mol. The average molecular weight is 273 g/mol. The Kier molecular flexibility index (Phi) is 4.03. The lowest BCUT2D eigenvalue weighted by molar-refractivity contribution is 0.506. The number of thioether (sulfide) groups is 1. The maximum absolute atomic E-state index is 13.0. The van der Waals surface area contributed by atoms with Crippen LogP contribution in [0.1, 0.15) is 11.6 Å². The van der Waals surface area contributed by atoms with Crippen LogP contribution in [0.25, 0.3) is 0 Å². The van der Waals surface area contributed by atoms with E-state index in [9.17, 15) is 8.78 Å². The summed E-state index contributed by atoms with van der Waals surface area (Å²) >= 11 is 2.86. The second-order valence-electron chi connectivity index (χ2n) is 3.30. The molecule has 0 aliphatic heterocycles. The fraction of sp³-hybridized carbons (Fsp3) is 0.200. The highest BCUT2D eigenvalue weighted by atomic mass is 32.2. The molecule has 1 heterocycles. The summed E-state index contributed by atoms with van der Waals surface area (Å²) in [6.07, 6.45) is 0. The third-order valence-electron chi connectivity index (χ3n) is 2.10. The Morgan fingerprint density at radius 2 is 2.18 bits per heavy atom. The molecule has 1 aromatic heterocycles. The SMILES string of the molecule is NC(CSc1nncs1)c1ccc(F)c(F)c1. The number of nitrogens with two attached hydrogens (primary N) is 1. The Morgan fingerprint density at radius 3 is 2.82 bits per heavy atom. The second kappa shape index (κ2) is 5.52. The molecule has 0 radical (unpaired) electrons. The van der Waals surface area contributed by atoms with E-state index >= 15 is 0 Å². The van der Waals surface area contributed by atoms with E-state index in [2.05, 4.69) is 10.2 Å². The van der Waals surface area contributed by atoms with Crippen molar-refractivity contribution in [2.75, 3.05) is 5.75 Å². The number of aromatic nitrogens is 2. The molecule has 1 atom stereocenters. The first-order chi connectivity index (χ1) is 8.16. The Bertz CT molecular complexity index is 490. The Hall–Kier alpha value is -1.05. The van der Waals surface area contributed by atoms with Gasteiger partial charge >= 0.3 is 0 Å². The molecular weight excluding hydrogens is 264 g/mol. The van der Waals surface area contributed by atoms with Crippen molar-refractivity contribution in [2.24, 2.45) is 5.73 Å². The molecule has 7 heteroatoms. The normalized spacial score (nSPS) is 12.6. The van der Waals surface area contributed by atoms with Gasteiger partial charge in [0.15, 0.2) is 16.0 Å². The maximum Gasteiger partial charge on any atom is 0.174 e.